The lowest BCUT2D eigenvalue weighted by Gasteiger charge is -1.98. The van der Waals surface area contributed by atoms with Crippen LogP contribution in [0.5, 0.6) is 0 Å². The zero-order valence-corrected chi connectivity index (χ0v) is 5.26. The third-order valence-corrected chi connectivity index (χ3v) is 1.22. The molecule has 1 rings (SSSR count). The van der Waals surface area contributed by atoms with E-state index in [0.717, 1.165) is 5.69 Å². The molecule has 0 aliphatic rings. The SMILES string of the molecule is [CH]c1ccnc(C)c1[CH]. The number of aryl methyl sites for hydroxylation is 1. The molecule has 1 nitrogen and oxygen atoms in total. The minimum atomic E-state index is 0.581. The van der Waals surface area contributed by atoms with Crippen LogP contribution in [0, 0.1) is 20.8 Å². The van der Waals surface area contributed by atoms with E-state index in [-0.39, 0.29) is 0 Å². The Morgan fingerprint density at radius 2 is 2.11 bits per heavy atom. The van der Waals surface area contributed by atoms with Gasteiger partial charge in [-0.25, -0.2) is 0 Å². The summed E-state index contributed by atoms with van der Waals surface area (Å²) < 4.78 is 0. The molecule has 0 bridgehead atoms. The third kappa shape index (κ3) is 1.10. The lowest BCUT2D eigenvalue weighted by molar-refractivity contribution is 1.17. The molecule has 0 fully saturated rings. The maximum absolute atomic E-state index is 5.49. The van der Waals surface area contributed by atoms with E-state index >= 15 is 0 Å². The monoisotopic (exact) mass is 117 g/mol. The Morgan fingerprint density at radius 3 is 2.56 bits per heavy atom. The minimum absolute atomic E-state index is 0.581. The highest BCUT2D eigenvalue weighted by Crippen LogP contribution is 2.06. The van der Waals surface area contributed by atoms with Gasteiger partial charge in [0.25, 0.3) is 0 Å². The lowest BCUT2D eigenvalue weighted by Crippen LogP contribution is -1.87. The fourth-order valence-electron chi connectivity index (χ4n) is 0.598. The first-order valence-corrected chi connectivity index (χ1v) is 2.68. The molecule has 0 aliphatic carbocycles. The van der Waals surface area contributed by atoms with Crippen molar-refractivity contribution in [2.75, 3.05) is 0 Å². The van der Waals surface area contributed by atoms with Crippen LogP contribution in [0.25, 0.3) is 0 Å². The topological polar surface area (TPSA) is 12.9 Å². The maximum Gasteiger partial charge on any atom is 0.0410 e. The number of rotatable bonds is 0. The summed E-state index contributed by atoms with van der Waals surface area (Å²) >= 11 is 0. The van der Waals surface area contributed by atoms with E-state index in [0.29, 0.717) is 11.1 Å². The van der Waals surface area contributed by atoms with Gasteiger partial charge in [0.2, 0.25) is 0 Å². The van der Waals surface area contributed by atoms with Gasteiger partial charge in [-0.2, -0.15) is 0 Å². The summed E-state index contributed by atoms with van der Waals surface area (Å²) in [6.07, 6.45) is 1.64. The van der Waals surface area contributed by atoms with Gasteiger partial charge < -0.3 is 0 Å². The molecule has 1 aromatic heterocycles. The Hall–Kier alpha value is -0.850. The predicted molar refractivity (Wildman–Crippen MR) is 35.8 cm³/mol. The summed E-state index contributed by atoms with van der Waals surface area (Å²) in [6.45, 7) is 12.8. The number of nitrogens with zero attached hydrogens (tertiary/aromatic N) is 1. The quantitative estimate of drug-likeness (QED) is 0.502. The van der Waals surface area contributed by atoms with E-state index in [4.69, 9.17) is 13.8 Å². The molecule has 0 N–H and O–H groups in total. The molecule has 0 spiro atoms. The maximum atomic E-state index is 5.49. The number of aromatic nitrogens is 1. The van der Waals surface area contributed by atoms with Crippen LogP contribution >= 0.6 is 0 Å². The molecule has 0 saturated heterocycles. The normalized spacial score (nSPS) is 9.67. The molecule has 1 aromatic rings. The zero-order valence-electron chi connectivity index (χ0n) is 5.26. The number of hydrogen-bond acceptors (Lipinski definition) is 1. The Labute approximate surface area is 55.7 Å². The van der Waals surface area contributed by atoms with Crippen molar-refractivity contribution in [2.24, 2.45) is 0 Å². The van der Waals surface area contributed by atoms with Crippen LogP contribution < -0.4 is 0 Å². The molecule has 0 aliphatic heterocycles. The molecule has 0 unspecified atom stereocenters. The number of hydrogen-bond donors (Lipinski definition) is 0. The van der Waals surface area contributed by atoms with Crippen molar-refractivity contribution in [3.8, 4) is 0 Å². The van der Waals surface area contributed by atoms with E-state index in [1.165, 1.54) is 0 Å². The first-order valence-electron chi connectivity index (χ1n) is 2.68. The summed E-state index contributed by atoms with van der Waals surface area (Å²) in [7, 11) is 0. The van der Waals surface area contributed by atoms with Crippen LogP contribution in [-0.2, 0) is 0 Å². The Morgan fingerprint density at radius 1 is 1.44 bits per heavy atom. The third-order valence-electron chi connectivity index (χ3n) is 1.22. The average Bonchev–Trinajstić information content (AvgIpc) is 1.83. The van der Waals surface area contributed by atoms with E-state index < -0.39 is 0 Å². The van der Waals surface area contributed by atoms with Crippen LogP contribution in [0.2, 0.25) is 0 Å². The van der Waals surface area contributed by atoms with Gasteiger partial charge in [-0.1, -0.05) is 0 Å². The standard InChI is InChI=1S/C8H7N/c1-6-4-5-9-8(3)7(6)2/h1-2,4-5H,3H3. The van der Waals surface area contributed by atoms with E-state index in [9.17, 15) is 0 Å². The van der Waals surface area contributed by atoms with Gasteiger partial charge in [-0.15, -0.1) is 0 Å². The van der Waals surface area contributed by atoms with Crippen molar-refractivity contribution in [1.82, 2.24) is 4.98 Å². The van der Waals surface area contributed by atoms with Crippen LogP contribution in [0.1, 0.15) is 16.8 Å². The van der Waals surface area contributed by atoms with Gasteiger partial charge >= 0.3 is 0 Å². The van der Waals surface area contributed by atoms with E-state index in [1.54, 1.807) is 12.3 Å². The summed E-state index contributed by atoms with van der Waals surface area (Å²) in [5, 5.41) is 0. The van der Waals surface area contributed by atoms with Gasteiger partial charge in [0, 0.05) is 18.8 Å². The first kappa shape index (κ1) is 6.27. The molecule has 0 atom stereocenters. The second kappa shape index (κ2) is 2.18. The number of pyridine rings is 1. The van der Waals surface area contributed by atoms with Crippen LogP contribution in [-0.4, -0.2) is 4.98 Å². The second-order valence-corrected chi connectivity index (χ2v) is 1.90. The largest absolute Gasteiger partial charge is 0.261 e. The van der Waals surface area contributed by atoms with Gasteiger partial charge in [-0.3, -0.25) is 4.98 Å². The van der Waals surface area contributed by atoms with E-state index in [2.05, 4.69) is 4.98 Å². The molecular weight excluding hydrogens is 110 g/mol. The average molecular weight is 117 g/mol. The summed E-state index contributed by atoms with van der Waals surface area (Å²) in [5.41, 5.74) is 1.97. The molecule has 44 valence electrons. The fraction of sp³-hybridized carbons (Fsp3) is 0.125. The summed E-state index contributed by atoms with van der Waals surface area (Å²) in [6, 6.07) is 1.68. The highest BCUT2D eigenvalue weighted by molar-refractivity contribution is 5.33. The Bertz CT molecular complexity index is 196. The van der Waals surface area contributed by atoms with Crippen molar-refractivity contribution in [2.45, 2.75) is 6.92 Å². The fourth-order valence-corrected chi connectivity index (χ4v) is 0.598. The molecule has 1 heteroatoms. The van der Waals surface area contributed by atoms with Crippen LogP contribution in [0.3, 0.4) is 0 Å². The Kier molecular flexibility index (Phi) is 1.52. The van der Waals surface area contributed by atoms with E-state index in [1.807, 2.05) is 6.92 Å². The van der Waals surface area contributed by atoms with Crippen LogP contribution in [0.15, 0.2) is 12.3 Å². The van der Waals surface area contributed by atoms with Crippen molar-refractivity contribution in [3.05, 3.63) is 42.9 Å². The molecule has 0 saturated carbocycles. The van der Waals surface area contributed by atoms with Gasteiger partial charge in [0.1, 0.15) is 0 Å². The summed E-state index contributed by atoms with van der Waals surface area (Å²) in [4.78, 5) is 3.93. The van der Waals surface area contributed by atoms with Crippen molar-refractivity contribution < 1.29 is 0 Å². The second-order valence-electron chi connectivity index (χ2n) is 1.90. The summed E-state index contributed by atoms with van der Waals surface area (Å²) in [5.74, 6) is 0. The van der Waals surface area contributed by atoms with Crippen molar-refractivity contribution in [3.63, 3.8) is 0 Å². The smallest absolute Gasteiger partial charge is 0.0410 e. The lowest BCUT2D eigenvalue weighted by atomic mass is 10.1. The zero-order chi connectivity index (χ0) is 6.85. The molecule has 1 heterocycles. The molecular formula is C8H7N. The Balaban J connectivity index is 3.25. The molecule has 0 aromatic carbocycles. The van der Waals surface area contributed by atoms with Gasteiger partial charge in [-0.05, 0) is 31.0 Å². The first-order chi connectivity index (χ1) is 4.22. The molecule has 9 heavy (non-hydrogen) atoms. The van der Waals surface area contributed by atoms with Crippen molar-refractivity contribution in [1.29, 1.82) is 0 Å². The van der Waals surface area contributed by atoms with Crippen LogP contribution in [0.4, 0.5) is 0 Å². The van der Waals surface area contributed by atoms with Gasteiger partial charge in [0.15, 0.2) is 0 Å². The predicted octanol–water partition coefficient (Wildman–Crippen LogP) is 1.51. The molecule has 0 amide bonds. The van der Waals surface area contributed by atoms with Crippen molar-refractivity contribution >= 4 is 0 Å². The minimum Gasteiger partial charge on any atom is -0.261 e. The van der Waals surface area contributed by atoms with Gasteiger partial charge in [0.05, 0.1) is 0 Å². The molecule has 4 radical (unpaired) electrons. The highest BCUT2D eigenvalue weighted by Gasteiger charge is 1.94. The highest BCUT2D eigenvalue weighted by atomic mass is 14.7.